The Kier molecular flexibility index (Phi) is 6.06. The fourth-order valence-corrected chi connectivity index (χ4v) is 3.35. The molecule has 6 heteroatoms. The van der Waals surface area contributed by atoms with Crippen molar-refractivity contribution in [3.05, 3.63) is 65.7 Å². The van der Waals surface area contributed by atoms with Gasteiger partial charge in [0, 0.05) is 31.7 Å². The number of benzene rings is 2. The summed E-state index contributed by atoms with van der Waals surface area (Å²) in [6.45, 7) is 6.09. The van der Waals surface area contributed by atoms with E-state index in [-0.39, 0.29) is 36.2 Å². The topological polar surface area (TPSA) is 32.8 Å². The van der Waals surface area contributed by atoms with Gasteiger partial charge in [0.2, 0.25) is 0 Å². The number of rotatable bonds is 5. The molecule has 4 nitrogen and oxygen atoms in total. The first-order chi connectivity index (χ1) is 12.9. The van der Waals surface area contributed by atoms with Crippen molar-refractivity contribution < 1.29 is 18.3 Å². The van der Waals surface area contributed by atoms with E-state index in [0.29, 0.717) is 12.3 Å². The molecule has 0 bridgehead atoms. The van der Waals surface area contributed by atoms with Gasteiger partial charge in [0.1, 0.15) is 17.4 Å². The van der Waals surface area contributed by atoms with Gasteiger partial charge in [-0.2, -0.15) is 0 Å². The number of ether oxygens (including phenoxy) is 1. The third kappa shape index (κ3) is 5.04. The first-order valence-electron chi connectivity index (χ1n) is 9.08. The zero-order chi connectivity index (χ0) is 19.4. The van der Waals surface area contributed by atoms with E-state index in [0.717, 1.165) is 18.7 Å². The summed E-state index contributed by atoms with van der Waals surface area (Å²) in [5, 5.41) is 0. The van der Waals surface area contributed by atoms with Crippen molar-refractivity contribution in [2.24, 2.45) is 0 Å². The van der Waals surface area contributed by atoms with Crippen molar-refractivity contribution in [2.75, 3.05) is 19.7 Å². The Bertz CT molecular complexity index is 765. The van der Waals surface area contributed by atoms with Gasteiger partial charge < -0.3 is 9.64 Å². The summed E-state index contributed by atoms with van der Waals surface area (Å²) in [4.78, 5) is 16.7. The lowest BCUT2D eigenvalue weighted by Crippen LogP contribution is -2.58. The highest BCUT2D eigenvalue weighted by molar-refractivity contribution is 5.78. The second-order valence-corrected chi connectivity index (χ2v) is 7.04. The first-order valence-corrected chi connectivity index (χ1v) is 9.08. The molecule has 0 N–H and O–H groups in total. The fourth-order valence-electron chi connectivity index (χ4n) is 3.35. The molecule has 27 heavy (non-hydrogen) atoms. The lowest BCUT2D eigenvalue weighted by atomic mass is 10.1. The molecule has 0 aromatic heterocycles. The van der Waals surface area contributed by atoms with E-state index < -0.39 is 0 Å². The molecule has 2 aromatic rings. The maximum atomic E-state index is 13.1. The fraction of sp³-hybridized carbons (Fsp3) is 0.381. The third-order valence-electron chi connectivity index (χ3n) is 4.91. The molecule has 2 aromatic carbocycles. The predicted octanol–water partition coefficient (Wildman–Crippen LogP) is 3.47. The quantitative estimate of drug-likeness (QED) is 0.804. The normalized spacial score (nSPS) is 20.5. The molecule has 0 aliphatic carbocycles. The summed E-state index contributed by atoms with van der Waals surface area (Å²) in [5.41, 5.74) is 1.05. The number of piperazine rings is 1. The second kappa shape index (κ2) is 8.48. The molecule has 2 atom stereocenters. The van der Waals surface area contributed by atoms with Crippen LogP contribution in [0.3, 0.4) is 0 Å². The van der Waals surface area contributed by atoms with Gasteiger partial charge in [-0.1, -0.05) is 12.1 Å². The Hall–Kier alpha value is -2.47. The molecule has 0 spiro atoms. The van der Waals surface area contributed by atoms with Crippen LogP contribution in [0.1, 0.15) is 19.4 Å². The minimum Gasteiger partial charge on any atom is -0.484 e. The zero-order valence-electron chi connectivity index (χ0n) is 15.6. The molecular weight excluding hydrogens is 350 g/mol. The summed E-state index contributed by atoms with van der Waals surface area (Å²) in [5.74, 6) is -0.189. The molecular formula is C21H24F2N2O2. The highest BCUT2D eigenvalue weighted by Crippen LogP contribution is 2.19. The monoisotopic (exact) mass is 374 g/mol. The molecule has 1 aliphatic heterocycles. The van der Waals surface area contributed by atoms with Gasteiger partial charge in [-0.25, -0.2) is 8.78 Å². The number of hydrogen-bond donors (Lipinski definition) is 0. The second-order valence-electron chi connectivity index (χ2n) is 7.04. The van der Waals surface area contributed by atoms with E-state index in [2.05, 4.69) is 11.8 Å². The van der Waals surface area contributed by atoms with Crippen molar-refractivity contribution in [1.29, 1.82) is 0 Å². The van der Waals surface area contributed by atoms with Crippen LogP contribution in [0.2, 0.25) is 0 Å². The van der Waals surface area contributed by atoms with Crippen LogP contribution in [-0.4, -0.2) is 47.5 Å². The number of nitrogens with zero attached hydrogens (tertiary/aromatic N) is 2. The minimum absolute atomic E-state index is 0.0472. The molecule has 1 fully saturated rings. The van der Waals surface area contributed by atoms with Crippen LogP contribution < -0.4 is 4.74 Å². The zero-order valence-corrected chi connectivity index (χ0v) is 15.6. The SMILES string of the molecule is C[C@@H]1CN(C(=O)COc2ccc(F)cc2)[C@@H](C)CN1Cc1ccc(F)cc1. The van der Waals surface area contributed by atoms with E-state index in [1.807, 2.05) is 11.8 Å². The van der Waals surface area contributed by atoms with Crippen LogP contribution in [0.5, 0.6) is 5.75 Å². The third-order valence-corrected chi connectivity index (χ3v) is 4.91. The lowest BCUT2D eigenvalue weighted by Gasteiger charge is -2.44. The molecule has 1 amide bonds. The first kappa shape index (κ1) is 19.3. The number of carbonyl (C=O) groups is 1. The summed E-state index contributed by atoms with van der Waals surface area (Å²) < 4.78 is 31.5. The summed E-state index contributed by atoms with van der Waals surface area (Å²) >= 11 is 0. The summed E-state index contributed by atoms with van der Waals surface area (Å²) in [7, 11) is 0. The highest BCUT2D eigenvalue weighted by atomic mass is 19.1. The highest BCUT2D eigenvalue weighted by Gasteiger charge is 2.32. The minimum atomic E-state index is -0.339. The van der Waals surface area contributed by atoms with Crippen LogP contribution in [0.4, 0.5) is 8.78 Å². The molecule has 1 saturated heterocycles. The van der Waals surface area contributed by atoms with Gasteiger partial charge in [0.05, 0.1) is 0 Å². The number of hydrogen-bond acceptors (Lipinski definition) is 3. The van der Waals surface area contributed by atoms with Crippen LogP contribution in [0.15, 0.2) is 48.5 Å². The smallest absolute Gasteiger partial charge is 0.260 e. The van der Waals surface area contributed by atoms with E-state index in [1.54, 1.807) is 12.1 Å². The molecule has 0 saturated carbocycles. The van der Waals surface area contributed by atoms with Crippen molar-refractivity contribution in [2.45, 2.75) is 32.5 Å². The van der Waals surface area contributed by atoms with Gasteiger partial charge >= 0.3 is 0 Å². The standard InChI is InChI=1S/C21H24F2N2O2/c1-15-12-25(21(26)14-27-20-9-7-19(23)8-10-20)16(2)11-24(15)13-17-3-5-18(22)6-4-17/h3-10,15-16H,11-14H2,1-2H3/t15-,16+/m1/s1. The summed E-state index contributed by atoms with van der Waals surface area (Å²) in [6, 6.07) is 12.4. The molecule has 3 rings (SSSR count). The predicted molar refractivity (Wildman–Crippen MR) is 99.3 cm³/mol. The van der Waals surface area contributed by atoms with Crippen molar-refractivity contribution in [3.63, 3.8) is 0 Å². The Morgan fingerprint density at radius 2 is 1.56 bits per heavy atom. The number of amides is 1. The maximum absolute atomic E-state index is 13.1. The van der Waals surface area contributed by atoms with Crippen molar-refractivity contribution in [3.8, 4) is 5.75 Å². The van der Waals surface area contributed by atoms with Gasteiger partial charge in [-0.05, 0) is 55.8 Å². The molecule has 0 radical (unpaired) electrons. The van der Waals surface area contributed by atoms with E-state index in [1.165, 1.54) is 36.4 Å². The molecule has 144 valence electrons. The van der Waals surface area contributed by atoms with Gasteiger partial charge in [0.25, 0.3) is 5.91 Å². The van der Waals surface area contributed by atoms with E-state index in [9.17, 15) is 13.6 Å². The largest absolute Gasteiger partial charge is 0.484 e. The van der Waals surface area contributed by atoms with Crippen LogP contribution in [0.25, 0.3) is 0 Å². The van der Waals surface area contributed by atoms with Crippen LogP contribution in [-0.2, 0) is 11.3 Å². The van der Waals surface area contributed by atoms with Gasteiger partial charge in [-0.3, -0.25) is 9.69 Å². The molecule has 1 aliphatic rings. The number of halogens is 2. The Morgan fingerprint density at radius 3 is 2.19 bits per heavy atom. The Morgan fingerprint density at radius 1 is 0.963 bits per heavy atom. The summed E-state index contributed by atoms with van der Waals surface area (Å²) in [6.07, 6.45) is 0. The van der Waals surface area contributed by atoms with Crippen molar-refractivity contribution in [1.82, 2.24) is 9.80 Å². The molecule has 1 heterocycles. The van der Waals surface area contributed by atoms with Crippen molar-refractivity contribution >= 4 is 5.91 Å². The maximum Gasteiger partial charge on any atom is 0.260 e. The van der Waals surface area contributed by atoms with E-state index >= 15 is 0 Å². The average molecular weight is 374 g/mol. The average Bonchev–Trinajstić information content (AvgIpc) is 2.65. The number of carbonyl (C=O) groups excluding carboxylic acids is 1. The lowest BCUT2D eigenvalue weighted by molar-refractivity contribution is -0.139. The van der Waals surface area contributed by atoms with E-state index in [4.69, 9.17) is 4.74 Å². The van der Waals surface area contributed by atoms with Crippen LogP contribution in [0, 0.1) is 11.6 Å². The van der Waals surface area contributed by atoms with Gasteiger partial charge in [0.15, 0.2) is 6.61 Å². The Labute approximate surface area is 158 Å². The van der Waals surface area contributed by atoms with Crippen LogP contribution >= 0.6 is 0 Å². The Balaban J connectivity index is 1.54. The molecule has 0 unspecified atom stereocenters. The van der Waals surface area contributed by atoms with Gasteiger partial charge in [-0.15, -0.1) is 0 Å².